The van der Waals surface area contributed by atoms with Crippen LogP contribution in [0.15, 0.2) is 42.5 Å². The van der Waals surface area contributed by atoms with E-state index in [0.717, 1.165) is 0 Å². The average molecular weight is 317 g/mol. The van der Waals surface area contributed by atoms with E-state index in [1.165, 1.54) is 36.4 Å². The highest BCUT2D eigenvalue weighted by Gasteiger charge is 2.17. The maximum absolute atomic E-state index is 13.9. The molecule has 0 aromatic heterocycles. The zero-order valence-corrected chi connectivity index (χ0v) is 11.4. The quantitative estimate of drug-likeness (QED) is 0.654. The van der Waals surface area contributed by atoms with Crippen LogP contribution in [-0.4, -0.2) is 6.61 Å². The number of ether oxygens (including phenoxy) is 1. The van der Waals surface area contributed by atoms with Gasteiger partial charge in [-0.2, -0.15) is 8.78 Å². The van der Waals surface area contributed by atoms with Gasteiger partial charge in [0.05, 0.1) is 6.04 Å². The maximum Gasteiger partial charge on any atom is 0.387 e. The van der Waals surface area contributed by atoms with Crippen LogP contribution in [0.4, 0.5) is 13.2 Å². The van der Waals surface area contributed by atoms with Crippen LogP contribution in [0, 0.1) is 5.82 Å². The first-order valence-corrected chi connectivity index (χ1v) is 6.35. The Morgan fingerprint density at radius 1 is 1.10 bits per heavy atom. The molecule has 3 N–H and O–H groups in total. The zero-order valence-electron chi connectivity index (χ0n) is 10.7. The molecule has 0 amide bonds. The van der Waals surface area contributed by atoms with Crippen LogP contribution < -0.4 is 16.0 Å². The molecule has 2 aromatic carbocycles. The summed E-state index contributed by atoms with van der Waals surface area (Å²) in [5.41, 5.74) is 3.38. The van der Waals surface area contributed by atoms with E-state index in [9.17, 15) is 13.2 Å². The largest absolute Gasteiger partial charge is 0.435 e. The minimum atomic E-state index is -2.90. The van der Waals surface area contributed by atoms with E-state index >= 15 is 0 Å². The maximum atomic E-state index is 13.9. The number of hydrogen-bond acceptors (Lipinski definition) is 3. The number of halogens is 4. The van der Waals surface area contributed by atoms with Gasteiger partial charge in [-0.05, 0) is 29.8 Å². The van der Waals surface area contributed by atoms with Gasteiger partial charge in [-0.25, -0.2) is 9.82 Å². The lowest BCUT2D eigenvalue weighted by molar-refractivity contribution is -0.0498. The van der Waals surface area contributed by atoms with Crippen molar-refractivity contribution >= 4 is 11.6 Å². The van der Waals surface area contributed by atoms with E-state index in [0.29, 0.717) is 11.1 Å². The topological polar surface area (TPSA) is 47.3 Å². The molecule has 0 heterocycles. The highest BCUT2D eigenvalue weighted by atomic mass is 35.5. The average Bonchev–Trinajstić information content (AvgIpc) is 2.43. The molecular formula is C14H12ClF3N2O. The Morgan fingerprint density at radius 3 is 2.29 bits per heavy atom. The molecule has 21 heavy (non-hydrogen) atoms. The standard InChI is InChI=1S/C14H12ClF3N2O/c15-9-3-6-11(12(16)7-9)13(20-19)8-1-4-10(5-2-8)21-14(17)18/h1-7,13-14,20H,19H2. The second-order valence-electron chi connectivity index (χ2n) is 4.21. The van der Waals surface area contributed by atoms with Gasteiger partial charge >= 0.3 is 6.61 Å². The number of nitrogens with one attached hydrogen (secondary N) is 1. The highest BCUT2D eigenvalue weighted by Crippen LogP contribution is 2.27. The third kappa shape index (κ3) is 3.87. The van der Waals surface area contributed by atoms with Gasteiger partial charge in [0, 0.05) is 10.6 Å². The minimum Gasteiger partial charge on any atom is -0.435 e. The SMILES string of the molecule is NNC(c1ccc(OC(F)F)cc1)c1ccc(Cl)cc1F. The van der Waals surface area contributed by atoms with Crippen LogP contribution in [0.3, 0.4) is 0 Å². The van der Waals surface area contributed by atoms with Crippen LogP contribution in [0.2, 0.25) is 5.02 Å². The molecule has 0 aliphatic heterocycles. The van der Waals surface area contributed by atoms with Gasteiger partial charge in [0.1, 0.15) is 11.6 Å². The van der Waals surface area contributed by atoms with Gasteiger partial charge in [0.25, 0.3) is 0 Å². The molecule has 0 spiro atoms. The summed E-state index contributed by atoms with van der Waals surface area (Å²) in [6.45, 7) is -2.90. The fourth-order valence-electron chi connectivity index (χ4n) is 1.94. The van der Waals surface area contributed by atoms with Crippen molar-refractivity contribution < 1.29 is 17.9 Å². The van der Waals surface area contributed by atoms with Crippen molar-refractivity contribution in [3.05, 3.63) is 64.4 Å². The molecule has 0 radical (unpaired) electrons. The summed E-state index contributed by atoms with van der Waals surface area (Å²) in [5.74, 6) is 4.96. The van der Waals surface area contributed by atoms with E-state index in [2.05, 4.69) is 10.2 Å². The first-order valence-electron chi connectivity index (χ1n) is 5.97. The smallest absolute Gasteiger partial charge is 0.387 e. The van der Waals surface area contributed by atoms with Crippen LogP contribution in [0.25, 0.3) is 0 Å². The molecule has 1 atom stereocenters. The second kappa shape index (κ2) is 6.80. The van der Waals surface area contributed by atoms with E-state index in [1.54, 1.807) is 6.07 Å². The number of benzene rings is 2. The third-order valence-electron chi connectivity index (χ3n) is 2.88. The van der Waals surface area contributed by atoms with Crippen LogP contribution in [-0.2, 0) is 0 Å². The lowest BCUT2D eigenvalue weighted by Crippen LogP contribution is -2.29. The lowest BCUT2D eigenvalue weighted by atomic mass is 9.99. The van der Waals surface area contributed by atoms with Crippen LogP contribution >= 0.6 is 11.6 Å². The van der Waals surface area contributed by atoms with Gasteiger partial charge in [-0.15, -0.1) is 0 Å². The molecule has 0 aliphatic carbocycles. The van der Waals surface area contributed by atoms with E-state index in [-0.39, 0.29) is 10.8 Å². The molecule has 1 unspecified atom stereocenters. The molecule has 0 saturated heterocycles. The van der Waals surface area contributed by atoms with Crippen LogP contribution in [0.1, 0.15) is 17.2 Å². The van der Waals surface area contributed by atoms with Gasteiger partial charge in [0.15, 0.2) is 0 Å². The molecule has 2 aromatic rings. The summed E-state index contributed by atoms with van der Waals surface area (Å²) in [7, 11) is 0. The van der Waals surface area contributed by atoms with Crippen LogP contribution in [0.5, 0.6) is 5.75 Å². The molecule has 3 nitrogen and oxygen atoms in total. The van der Waals surface area contributed by atoms with Crippen molar-refractivity contribution in [3.63, 3.8) is 0 Å². The molecular weight excluding hydrogens is 305 g/mol. The number of alkyl halides is 2. The molecule has 0 aliphatic rings. The summed E-state index contributed by atoms with van der Waals surface area (Å²) in [5, 5.41) is 0.271. The summed E-state index contributed by atoms with van der Waals surface area (Å²) >= 11 is 5.70. The molecule has 7 heteroatoms. The Kier molecular flexibility index (Phi) is 5.06. The van der Waals surface area contributed by atoms with Crippen molar-refractivity contribution in [3.8, 4) is 5.75 Å². The van der Waals surface area contributed by atoms with E-state index < -0.39 is 18.5 Å². The first-order chi connectivity index (χ1) is 10.0. The second-order valence-corrected chi connectivity index (χ2v) is 4.65. The highest BCUT2D eigenvalue weighted by molar-refractivity contribution is 6.30. The fourth-order valence-corrected chi connectivity index (χ4v) is 2.10. The predicted octanol–water partition coefficient (Wildman–Crippen LogP) is 3.63. The van der Waals surface area contributed by atoms with Gasteiger partial charge in [-0.3, -0.25) is 5.84 Å². The summed E-state index contributed by atoms with van der Waals surface area (Å²) in [6.07, 6.45) is 0. The van der Waals surface area contributed by atoms with Gasteiger partial charge in [0.2, 0.25) is 0 Å². The van der Waals surface area contributed by atoms with Crippen molar-refractivity contribution in [2.75, 3.05) is 0 Å². The molecule has 2 rings (SSSR count). The van der Waals surface area contributed by atoms with Gasteiger partial charge in [-0.1, -0.05) is 29.8 Å². The Labute approximate surface area is 124 Å². The Balaban J connectivity index is 2.28. The monoisotopic (exact) mass is 316 g/mol. The lowest BCUT2D eigenvalue weighted by Gasteiger charge is -2.18. The summed E-state index contributed by atoms with van der Waals surface area (Å²) in [6, 6.07) is 9.36. The molecule has 112 valence electrons. The van der Waals surface area contributed by atoms with Crippen molar-refractivity contribution in [2.24, 2.45) is 5.84 Å². The number of nitrogens with two attached hydrogens (primary N) is 1. The minimum absolute atomic E-state index is 0.0149. The van der Waals surface area contributed by atoms with Crippen molar-refractivity contribution in [1.82, 2.24) is 5.43 Å². The molecule has 0 saturated carbocycles. The number of hydrogen-bond donors (Lipinski definition) is 2. The molecule has 0 fully saturated rings. The Bertz CT molecular complexity index is 608. The van der Waals surface area contributed by atoms with Crippen molar-refractivity contribution in [2.45, 2.75) is 12.7 Å². The fraction of sp³-hybridized carbons (Fsp3) is 0.143. The first kappa shape index (κ1) is 15.6. The Hall–Kier alpha value is -1.76. The number of hydrazine groups is 1. The van der Waals surface area contributed by atoms with E-state index in [4.69, 9.17) is 17.4 Å². The van der Waals surface area contributed by atoms with Crippen molar-refractivity contribution in [1.29, 1.82) is 0 Å². The number of rotatable bonds is 5. The summed E-state index contributed by atoms with van der Waals surface area (Å²) < 4.78 is 42.3. The van der Waals surface area contributed by atoms with E-state index in [1.807, 2.05) is 0 Å². The predicted molar refractivity (Wildman–Crippen MR) is 73.7 cm³/mol. The zero-order chi connectivity index (χ0) is 15.4. The molecule has 0 bridgehead atoms. The normalized spacial score (nSPS) is 12.5. The third-order valence-corrected chi connectivity index (χ3v) is 3.11. The summed E-state index contributed by atoms with van der Waals surface area (Å²) in [4.78, 5) is 0. The van der Waals surface area contributed by atoms with Gasteiger partial charge < -0.3 is 4.74 Å². The Morgan fingerprint density at radius 2 is 1.76 bits per heavy atom.